The van der Waals surface area contributed by atoms with Crippen molar-refractivity contribution in [2.75, 3.05) is 0 Å². The van der Waals surface area contributed by atoms with Crippen LogP contribution >= 0.6 is 0 Å². The number of hydrogen-bond acceptors (Lipinski definition) is 3. The van der Waals surface area contributed by atoms with Crippen molar-refractivity contribution >= 4 is 5.91 Å². The summed E-state index contributed by atoms with van der Waals surface area (Å²) in [4.78, 5) is 17.2. The molecule has 0 bridgehead atoms. The number of nitrogens with one attached hydrogen (secondary N) is 1. The van der Waals surface area contributed by atoms with Gasteiger partial charge in [-0.2, -0.15) is 30.9 Å². The second kappa shape index (κ2) is 9.65. The van der Waals surface area contributed by atoms with Gasteiger partial charge in [0.15, 0.2) is 6.20 Å². The van der Waals surface area contributed by atoms with Crippen molar-refractivity contribution in [3.8, 4) is 11.3 Å². The average molecular weight is 497 g/mol. The Hall–Kier alpha value is -3.47. The Morgan fingerprint density at radius 2 is 1.71 bits per heavy atom. The molecular weight excluding hydrogens is 474 g/mol. The molecule has 0 radical (unpaired) electrons. The fraction of sp³-hybridized carbons (Fsp3) is 0.292. The number of nitrogens with two attached hydrogens (primary N) is 1. The van der Waals surface area contributed by atoms with E-state index in [2.05, 4.69) is 10.3 Å². The first-order chi connectivity index (χ1) is 16.2. The molecule has 2 heterocycles. The summed E-state index contributed by atoms with van der Waals surface area (Å²) >= 11 is 0. The molecule has 1 aromatic carbocycles. The third-order valence-electron chi connectivity index (χ3n) is 5.43. The molecule has 35 heavy (non-hydrogen) atoms. The van der Waals surface area contributed by atoms with Crippen LogP contribution in [0.5, 0.6) is 0 Å². The first kappa shape index (κ1) is 26.1. The van der Waals surface area contributed by atoms with E-state index in [9.17, 15) is 31.1 Å². The topological polar surface area (TPSA) is 71.9 Å². The van der Waals surface area contributed by atoms with E-state index in [0.29, 0.717) is 11.3 Å². The van der Waals surface area contributed by atoms with Gasteiger partial charge in [-0.25, -0.2) is 0 Å². The van der Waals surface area contributed by atoms with Gasteiger partial charge < -0.3 is 11.1 Å². The molecule has 3 rings (SSSR count). The van der Waals surface area contributed by atoms with Crippen molar-refractivity contribution in [1.29, 1.82) is 0 Å². The van der Waals surface area contributed by atoms with E-state index in [1.54, 1.807) is 26.0 Å². The lowest BCUT2D eigenvalue weighted by Crippen LogP contribution is -2.39. The highest BCUT2D eigenvalue weighted by atomic mass is 19.4. The lowest BCUT2D eigenvalue weighted by atomic mass is 9.97. The molecule has 1 unspecified atom stereocenters. The first-order valence-corrected chi connectivity index (χ1v) is 10.4. The minimum absolute atomic E-state index is 0.0947. The van der Waals surface area contributed by atoms with Crippen molar-refractivity contribution in [3.63, 3.8) is 0 Å². The minimum atomic E-state index is -4.74. The summed E-state index contributed by atoms with van der Waals surface area (Å²) in [6.07, 6.45) is -6.52. The van der Waals surface area contributed by atoms with Crippen LogP contribution in [-0.4, -0.2) is 17.1 Å². The zero-order valence-corrected chi connectivity index (χ0v) is 19.0. The molecule has 3 aromatic rings. The van der Waals surface area contributed by atoms with Crippen LogP contribution in [-0.2, 0) is 13.2 Å². The van der Waals surface area contributed by atoms with Crippen molar-refractivity contribution in [2.24, 2.45) is 12.8 Å². The van der Waals surface area contributed by atoms with E-state index < -0.39 is 36.0 Å². The predicted molar refractivity (Wildman–Crippen MR) is 116 cm³/mol. The lowest BCUT2D eigenvalue weighted by Gasteiger charge is -2.19. The molecule has 2 atom stereocenters. The second-order valence-corrected chi connectivity index (χ2v) is 8.24. The van der Waals surface area contributed by atoms with Gasteiger partial charge in [0, 0.05) is 29.0 Å². The highest BCUT2D eigenvalue weighted by molar-refractivity contribution is 5.96. The van der Waals surface area contributed by atoms with Gasteiger partial charge in [-0.15, -0.1) is 0 Å². The number of halogens is 6. The molecule has 5 nitrogen and oxygen atoms in total. The van der Waals surface area contributed by atoms with Crippen molar-refractivity contribution in [3.05, 3.63) is 82.8 Å². The number of pyridine rings is 2. The standard InChI is InChI=1S/C24H22F6N4O/c1-13-4-6-19(32-11-13)16-8-17(21(31)24(28,29)30)10-18(9-16)22(35)33-14(2)15-5-7-20(23(25,26)27)34(3)12-15/h4-12,14,21H,31H2,1-3H3/p+1/t14-,21?/m1/s1. The SMILES string of the molecule is Cc1ccc(-c2cc(C(=O)N[C@H](C)c3ccc(C(F)(F)F)[n+](C)c3)cc(C(N)C(F)(F)F)c2)nc1. The molecule has 1 amide bonds. The Kier molecular flexibility index (Phi) is 7.21. The Balaban J connectivity index is 1.95. The maximum Gasteiger partial charge on any atom is 0.477 e. The van der Waals surface area contributed by atoms with Crippen molar-refractivity contribution in [1.82, 2.24) is 10.3 Å². The van der Waals surface area contributed by atoms with Crippen molar-refractivity contribution < 1.29 is 35.7 Å². The van der Waals surface area contributed by atoms with Gasteiger partial charge >= 0.3 is 12.4 Å². The van der Waals surface area contributed by atoms with Gasteiger partial charge in [-0.05, 0) is 55.3 Å². The molecule has 0 saturated carbocycles. The number of carbonyl (C=O) groups excluding carboxylic acids is 1. The minimum Gasteiger partial charge on any atom is -0.345 e. The molecule has 2 aromatic heterocycles. The van der Waals surface area contributed by atoms with E-state index in [1.165, 1.54) is 37.6 Å². The lowest BCUT2D eigenvalue weighted by molar-refractivity contribution is -0.691. The second-order valence-electron chi connectivity index (χ2n) is 8.24. The maximum absolute atomic E-state index is 13.3. The average Bonchev–Trinajstić information content (AvgIpc) is 2.77. The molecule has 0 aliphatic heterocycles. The quantitative estimate of drug-likeness (QED) is 0.387. The summed E-state index contributed by atoms with van der Waals surface area (Å²) in [6.45, 7) is 3.35. The van der Waals surface area contributed by atoms with Crippen LogP contribution in [0.15, 0.2) is 54.9 Å². The zero-order chi connectivity index (χ0) is 26.1. The van der Waals surface area contributed by atoms with E-state index in [0.717, 1.165) is 22.3 Å². The normalized spacial score (nSPS) is 13.9. The number of benzene rings is 1. The van der Waals surface area contributed by atoms with Gasteiger partial charge in [-0.3, -0.25) is 9.78 Å². The highest BCUT2D eigenvalue weighted by Crippen LogP contribution is 2.33. The largest absolute Gasteiger partial charge is 0.477 e. The molecule has 0 aliphatic carbocycles. The van der Waals surface area contributed by atoms with Gasteiger partial charge in [0.05, 0.1) is 11.7 Å². The Bertz CT molecular complexity index is 1220. The third-order valence-corrected chi connectivity index (χ3v) is 5.43. The van der Waals surface area contributed by atoms with E-state index in [1.807, 2.05) is 0 Å². The smallest absolute Gasteiger partial charge is 0.345 e. The molecule has 186 valence electrons. The summed E-state index contributed by atoms with van der Waals surface area (Å²) in [5.74, 6) is -0.718. The monoisotopic (exact) mass is 497 g/mol. The van der Waals surface area contributed by atoms with Gasteiger partial charge in [0.1, 0.15) is 13.1 Å². The number of hydrogen-bond donors (Lipinski definition) is 2. The molecular formula is C24H23F6N4O+. The summed E-state index contributed by atoms with van der Waals surface area (Å²) in [5.41, 5.74) is 5.94. The Labute approximate surface area is 197 Å². The fourth-order valence-corrected chi connectivity index (χ4v) is 3.48. The molecule has 0 aliphatic rings. The van der Waals surface area contributed by atoms with E-state index in [4.69, 9.17) is 5.73 Å². The summed E-state index contributed by atoms with van der Waals surface area (Å²) < 4.78 is 79.9. The summed E-state index contributed by atoms with van der Waals surface area (Å²) in [7, 11) is 1.23. The Morgan fingerprint density at radius 3 is 2.26 bits per heavy atom. The summed E-state index contributed by atoms with van der Waals surface area (Å²) in [6, 6.07) is 6.05. The van der Waals surface area contributed by atoms with E-state index in [-0.39, 0.29) is 16.7 Å². The third kappa shape index (κ3) is 6.16. The van der Waals surface area contributed by atoms with Crippen LogP contribution < -0.4 is 15.6 Å². The van der Waals surface area contributed by atoms with Crippen LogP contribution in [0.3, 0.4) is 0 Å². The molecule has 11 heteroatoms. The van der Waals surface area contributed by atoms with Crippen LogP contribution in [0.1, 0.15) is 51.7 Å². The number of amides is 1. The number of nitrogens with zero attached hydrogens (tertiary/aromatic N) is 2. The maximum atomic E-state index is 13.3. The highest BCUT2D eigenvalue weighted by Gasteiger charge is 2.40. The molecule has 3 N–H and O–H groups in total. The van der Waals surface area contributed by atoms with Gasteiger partial charge in [0.25, 0.3) is 11.6 Å². The van der Waals surface area contributed by atoms with Crippen molar-refractivity contribution in [2.45, 2.75) is 38.3 Å². The number of aryl methyl sites for hydroxylation is 2. The molecule has 0 fully saturated rings. The molecule has 0 saturated heterocycles. The zero-order valence-electron chi connectivity index (χ0n) is 19.0. The molecule has 0 spiro atoms. The first-order valence-electron chi connectivity index (χ1n) is 10.4. The predicted octanol–water partition coefficient (Wildman–Crippen LogP) is 4.95. The Morgan fingerprint density at radius 1 is 1.03 bits per heavy atom. The van der Waals surface area contributed by atoms with Crippen LogP contribution in [0.25, 0.3) is 11.3 Å². The number of rotatable bonds is 5. The fourth-order valence-electron chi connectivity index (χ4n) is 3.48. The van der Waals surface area contributed by atoms with Crippen LogP contribution in [0.4, 0.5) is 26.3 Å². The van der Waals surface area contributed by atoms with Gasteiger partial charge in [-0.1, -0.05) is 6.07 Å². The van der Waals surface area contributed by atoms with E-state index >= 15 is 0 Å². The number of aromatic nitrogens is 2. The number of alkyl halides is 6. The van der Waals surface area contributed by atoms with Crippen LogP contribution in [0, 0.1) is 6.92 Å². The van der Waals surface area contributed by atoms with Gasteiger partial charge in [0.2, 0.25) is 0 Å². The summed E-state index contributed by atoms with van der Waals surface area (Å²) in [5, 5.41) is 2.61. The van der Waals surface area contributed by atoms with Crippen LogP contribution in [0.2, 0.25) is 0 Å². The number of carbonyl (C=O) groups is 1.